The Morgan fingerprint density at radius 3 is 2.94 bits per heavy atom. The predicted molar refractivity (Wildman–Crippen MR) is 75.1 cm³/mol. The minimum Gasteiger partial charge on any atom is -0.506 e. The highest BCUT2D eigenvalue weighted by molar-refractivity contribution is 6.32. The van der Waals surface area contributed by atoms with Crippen molar-refractivity contribution in [3.63, 3.8) is 0 Å². The zero-order valence-electron chi connectivity index (χ0n) is 11.0. The highest BCUT2D eigenvalue weighted by Crippen LogP contribution is 2.24. The number of halogens is 1. The van der Waals surface area contributed by atoms with Crippen molar-refractivity contribution in [1.82, 2.24) is 10.2 Å². The third-order valence-corrected chi connectivity index (χ3v) is 4.12. The average Bonchev–Trinajstić information content (AvgIpc) is 2.35. The van der Waals surface area contributed by atoms with Crippen LogP contribution in [-0.2, 0) is 6.54 Å². The van der Waals surface area contributed by atoms with Crippen LogP contribution in [0.25, 0.3) is 0 Å². The number of nitrogens with zero attached hydrogens (tertiary/aromatic N) is 1. The van der Waals surface area contributed by atoms with Crippen LogP contribution in [-0.4, -0.2) is 35.7 Å². The second-order valence-electron chi connectivity index (χ2n) is 5.22. The fourth-order valence-electron chi connectivity index (χ4n) is 2.40. The summed E-state index contributed by atoms with van der Waals surface area (Å²) in [6, 6.07) is 6.59. The first kappa shape index (κ1) is 13.7. The summed E-state index contributed by atoms with van der Waals surface area (Å²) < 4.78 is 0. The number of hydrogen-bond acceptors (Lipinski definition) is 3. The van der Waals surface area contributed by atoms with Gasteiger partial charge < -0.3 is 15.3 Å². The van der Waals surface area contributed by atoms with Crippen LogP contribution in [0.4, 0.5) is 0 Å². The molecule has 4 heteroatoms. The van der Waals surface area contributed by atoms with Crippen LogP contribution in [0.2, 0.25) is 5.02 Å². The molecule has 2 unspecified atom stereocenters. The monoisotopic (exact) mass is 268 g/mol. The van der Waals surface area contributed by atoms with Crippen LogP contribution in [0.3, 0.4) is 0 Å². The SMILES string of the molecule is CC1CC(NCc2ccc(O)c(Cl)c2)CCN1C. The van der Waals surface area contributed by atoms with E-state index in [2.05, 4.69) is 24.2 Å². The summed E-state index contributed by atoms with van der Waals surface area (Å²) in [5, 5.41) is 13.4. The van der Waals surface area contributed by atoms with Gasteiger partial charge in [0.2, 0.25) is 0 Å². The number of piperidine rings is 1. The molecule has 1 aromatic rings. The molecule has 1 saturated heterocycles. The van der Waals surface area contributed by atoms with Gasteiger partial charge in [-0.3, -0.25) is 0 Å². The lowest BCUT2D eigenvalue weighted by molar-refractivity contribution is 0.168. The van der Waals surface area contributed by atoms with Gasteiger partial charge in [-0.2, -0.15) is 0 Å². The maximum absolute atomic E-state index is 9.37. The first-order valence-electron chi connectivity index (χ1n) is 6.47. The van der Waals surface area contributed by atoms with Gasteiger partial charge in [-0.15, -0.1) is 0 Å². The smallest absolute Gasteiger partial charge is 0.134 e. The van der Waals surface area contributed by atoms with E-state index in [0.717, 1.165) is 18.7 Å². The summed E-state index contributed by atoms with van der Waals surface area (Å²) in [5.74, 6) is 0.147. The summed E-state index contributed by atoms with van der Waals surface area (Å²) in [7, 11) is 2.18. The molecule has 2 rings (SSSR count). The van der Waals surface area contributed by atoms with Crippen molar-refractivity contribution in [3.8, 4) is 5.75 Å². The Balaban J connectivity index is 1.86. The fraction of sp³-hybridized carbons (Fsp3) is 0.571. The van der Waals surface area contributed by atoms with E-state index >= 15 is 0 Å². The van der Waals surface area contributed by atoms with E-state index in [1.807, 2.05) is 12.1 Å². The molecule has 1 aliphatic heterocycles. The number of rotatable bonds is 3. The molecule has 18 heavy (non-hydrogen) atoms. The number of aromatic hydroxyl groups is 1. The number of likely N-dealkylation sites (tertiary alicyclic amines) is 1. The first-order valence-corrected chi connectivity index (χ1v) is 6.85. The van der Waals surface area contributed by atoms with E-state index in [0.29, 0.717) is 17.1 Å². The molecule has 0 spiro atoms. The Morgan fingerprint density at radius 1 is 1.50 bits per heavy atom. The minimum atomic E-state index is 0.147. The largest absolute Gasteiger partial charge is 0.506 e. The van der Waals surface area contributed by atoms with Gasteiger partial charge in [0.1, 0.15) is 5.75 Å². The Hall–Kier alpha value is -0.770. The average molecular weight is 269 g/mol. The molecule has 0 radical (unpaired) electrons. The molecule has 2 N–H and O–H groups in total. The summed E-state index contributed by atoms with van der Waals surface area (Å²) >= 11 is 5.89. The van der Waals surface area contributed by atoms with Crippen molar-refractivity contribution in [1.29, 1.82) is 0 Å². The molecule has 1 fully saturated rings. The van der Waals surface area contributed by atoms with Gasteiger partial charge in [0.15, 0.2) is 0 Å². The van der Waals surface area contributed by atoms with Gasteiger partial charge >= 0.3 is 0 Å². The van der Waals surface area contributed by atoms with Gasteiger partial charge in [0.25, 0.3) is 0 Å². The van der Waals surface area contributed by atoms with Gasteiger partial charge in [0, 0.05) is 18.6 Å². The van der Waals surface area contributed by atoms with Crippen LogP contribution in [0.1, 0.15) is 25.3 Å². The van der Waals surface area contributed by atoms with Gasteiger partial charge in [-0.1, -0.05) is 17.7 Å². The molecular weight excluding hydrogens is 248 g/mol. The van der Waals surface area contributed by atoms with E-state index < -0.39 is 0 Å². The molecule has 3 nitrogen and oxygen atoms in total. The van der Waals surface area contributed by atoms with E-state index in [-0.39, 0.29) is 5.75 Å². The van der Waals surface area contributed by atoms with E-state index in [1.54, 1.807) is 6.07 Å². The Morgan fingerprint density at radius 2 is 2.28 bits per heavy atom. The van der Waals surface area contributed by atoms with Crippen LogP contribution < -0.4 is 5.32 Å². The second kappa shape index (κ2) is 5.91. The quantitative estimate of drug-likeness (QED) is 0.885. The molecule has 0 amide bonds. The van der Waals surface area contributed by atoms with Gasteiger partial charge in [0.05, 0.1) is 5.02 Å². The fourth-order valence-corrected chi connectivity index (χ4v) is 2.60. The highest BCUT2D eigenvalue weighted by Gasteiger charge is 2.22. The lowest BCUT2D eigenvalue weighted by Crippen LogP contribution is -2.45. The number of benzene rings is 1. The number of phenolic OH excluding ortho intramolecular Hbond substituents is 1. The lowest BCUT2D eigenvalue weighted by Gasteiger charge is -2.35. The van der Waals surface area contributed by atoms with Gasteiger partial charge in [-0.05, 0) is 51.1 Å². The lowest BCUT2D eigenvalue weighted by atomic mass is 9.99. The molecule has 100 valence electrons. The van der Waals surface area contributed by atoms with Gasteiger partial charge in [-0.25, -0.2) is 0 Å². The molecule has 0 aromatic heterocycles. The maximum Gasteiger partial charge on any atom is 0.134 e. The van der Waals surface area contributed by atoms with E-state index in [1.165, 1.54) is 12.8 Å². The van der Waals surface area contributed by atoms with Crippen molar-refractivity contribution in [2.45, 2.75) is 38.4 Å². The molecule has 0 bridgehead atoms. The topological polar surface area (TPSA) is 35.5 Å². The van der Waals surface area contributed by atoms with E-state index in [4.69, 9.17) is 11.6 Å². The summed E-state index contributed by atoms with van der Waals surface area (Å²) in [6.45, 7) is 4.22. The standard InChI is InChI=1S/C14H21ClN2O/c1-10-7-12(5-6-17(10)2)16-9-11-3-4-14(18)13(15)8-11/h3-4,8,10,12,16,18H,5-7,9H2,1-2H3. The van der Waals surface area contributed by atoms with Crippen LogP contribution in [0.15, 0.2) is 18.2 Å². The van der Waals surface area contributed by atoms with Crippen LogP contribution in [0.5, 0.6) is 5.75 Å². The molecular formula is C14H21ClN2O. The number of phenols is 1. The third kappa shape index (κ3) is 3.37. The normalized spacial score (nSPS) is 25.3. The van der Waals surface area contributed by atoms with Crippen molar-refractivity contribution >= 4 is 11.6 Å². The summed E-state index contributed by atoms with van der Waals surface area (Å²) in [4.78, 5) is 2.40. The Bertz CT molecular complexity index is 411. The number of nitrogens with one attached hydrogen (secondary N) is 1. The molecule has 1 heterocycles. The van der Waals surface area contributed by atoms with Crippen LogP contribution in [0, 0.1) is 0 Å². The van der Waals surface area contributed by atoms with Crippen molar-refractivity contribution in [3.05, 3.63) is 28.8 Å². The van der Waals surface area contributed by atoms with Crippen LogP contribution >= 0.6 is 11.6 Å². The molecule has 0 aliphatic carbocycles. The Labute approximate surface area is 114 Å². The zero-order valence-corrected chi connectivity index (χ0v) is 11.7. The molecule has 1 aromatic carbocycles. The van der Waals surface area contributed by atoms with Crippen molar-refractivity contribution in [2.75, 3.05) is 13.6 Å². The molecule has 1 aliphatic rings. The number of hydrogen-bond donors (Lipinski definition) is 2. The predicted octanol–water partition coefficient (Wildman–Crippen LogP) is 2.62. The zero-order chi connectivity index (χ0) is 13.1. The third-order valence-electron chi connectivity index (χ3n) is 3.82. The Kier molecular flexibility index (Phi) is 4.49. The first-order chi connectivity index (χ1) is 8.56. The second-order valence-corrected chi connectivity index (χ2v) is 5.62. The molecule has 2 atom stereocenters. The summed E-state index contributed by atoms with van der Waals surface area (Å²) in [6.07, 6.45) is 2.37. The highest BCUT2D eigenvalue weighted by atomic mass is 35.5. The summed E-state index contributed by atoms with van der Waals surface area (Å²) in [5.41, 5.74) is 1.12. The minimum absolute atomic E-state index is 0.147. The van der Waals surface area contributed by atoms with Crippen molar-refractivity contribution in [2.24, 2.45) is 0 Å². The maximum atomic E-state index is 9.37. The van der Waals surface area contributed by atoms with Crippen molar-refractivity contribution < 1.29 is 5.11 Å². The molecule has 0 saturated carbocycles. The van der Waals surface area contributed by atoms with E-state index in [9.17, 15) is 5.11 Å².